The van der Waals surface area contributed by atoms with Gasteiger partial charge in [-0.3, -0.25) is 4.79 Å². The maximum absolute atomic E-state index is 12.9. The van der Waals surface area contributed by atoms with Crippen LogP contribution >= 0.6 is 0 Å². The molecule has 0 N–H and O–H groups in total. The molecule has 0 radical (unpaired) electrons. The van der Waals surface area contributed by atoms with Crippen LogP contribution in [0.25, 0.3) is 0 Å². The van der Waals surface area contributed by atoms with Crippen LogP contribution in [0.4, 0.5) is 11.5 Å². The molecule has 0 saturated carbocycles. The van der Waals surface area contributed by atoms with Gasteiger partial charge < -0.3 is 19.4 Å². The van der Waals surface area contributed by atoms with Gasteiger partial charge >= 0.3 is 0 Å². The third kappa shape index (κ3) is 4.31. The highest BCUT2D eigenvalue weighted by molar-refractivity contribution is 5.94. The molecule has 29 heavy (non-hydrogen) atoms. The zero-order valence-electron chi connectivity index (χ0n) is 17.4. The van der Waals surface area contributed by atoms with Crippen LogP contribution in [0.2, 0.25) is 0 Å². The van der Waals surface area contributed by atoms with Crippen molar-refractivity contribution in [3.8, 4) is 5.75 Å². The van der Waals surface area contributed by atoms with Crippen LogP contribution < -0.4 is 14.5 Å². The van der Waals surface area contributed by atoms with E-state index in [-0.39, 0.29) is 5.91 Å². The third-order valence-corrected chi connectivity index (χ3v) is 5.97. The monoisotopic (exact) mass is 394 g/mol. The molecule has 6 nitrogen and oxygen atoms in total. The molecular formula is C23H30N4O2. The molecule has 4 rings (SSSR count). The van der Waals surface area contributed by atoms with Crippen molar-refractivity contribution in [3.05, 3.63) is 48.2 Å². The van der Waals surface area contributed by atoms with Gasteiger partial charge in [0.25, 0.3) is 5.91 Å². The van der Waals surface area contributed by atoms with Crippen molar-refractivity contribution in [3.63, 3.8) is 0 Å². The van der Waals surface area contributed by atoms with Crippen molar-refractivity contribution in [2.75, 3.05) is 56.2 Å². The zero-order chi connectivity index (χ0) is 20.2. The van der Waals surface area contributed by atoms with E-state index < -0.39 is 0 Å². The fourth-order valence-corrected chi connectivity index (χ4v) is 4.32. The number of methoxy groups -OCH3 is 1. The molecule has 1 aromatic carbocycles. The highest BCUT2D eigenvalue weighted by Crippen LogP contribution is 2.28. The van der Waals surface area contributed by atoms with Crippen LogP contribution in [0.1, 0.15) is 30.1 Å². The first-order chi connectivity index (χ1) is 14.2. The molecule has 2 fully saturated rings. The predicted octanol–water partition coefficient (Wildman–Crippen LogP) is 3.29. The minimum absolute atomic E-state index is 0.0655. The molecule has 1 atom stereocenters. The number of anilines is 2. The van der Waals surface area contributed by atoms with Gasteiger partial charge in [0, 0.05) is 45.5 Å². The van der Waals surface area contributed by atoms with Crippen molar-refractivity contribution in [1.29, 1.82) is 0 Å². The number of carbonyl (C=O) groups excluding carboxylic acids is 1. The van der Waals surface area contributed by atoms with E-state index in [1.54, 1.807) is 13.3 Å². The second-order valence-corrected chi connectivity index (χ2v) is 8.05. The van der Waals surface area contributed by atoms with Gasteiger partial charge in [0.15, 0.2) is 0 Å². The number of nitrogens with zero attached hydrogens (tertiary/aromatic N) is 4. The topological polar surface area (TPSA) is 48.9 Å². The molecule has 2 saturated heterocycles. The molecule has 2 aliphatic heterocycles. The van der Waals surface area contributed by atoms with Gasteiger partial charge in [-0.2, -0.15) is 0 Å². The molecule has 1 unspecified atom stereocenters. The molecule has 2 aromatic rings. The van der Waals surface area contributed by atoms with Crippen molar-refractivity contribution in [1.82, 2.24) is 9.88 Å². The summed E-state index contributed by atoms with van der Waals surface area (Å²) in [5, 5.41) is 0. The molecule has 2 aliphatic rings. The number of hydrogen-bond acceptors (Lipinski definition) is 5. The Hall–Kier alpha value is -2.76. The van der Waals surface area contributed by atoms with E-state index >= 15 is 0 Å². The number of ether oxygens (including phenoxy) is 1. The lowest BCUT2D eigenvalue weighted by Crippen LogP contribution is -2.48. The third-order valence-electron chi connectivity index (χ3n) is 5.97. The maximum Gasteiger partial charge on any atom is 0.255 e. The first-order valence-electron chi connectivity index (χ1n) is 10.5. The molecule has 1 amide bonds. The van der Waals surface area contributed by atoms with Gasteiger partial charge in [-0.15, -0.1) is 0 Å². The van der Waals surface area contributed by atoms with E-state index in [0.717, 1.165) is 43.4 Å². The normalized spacial score (nSPS) is 19.9. The van der Waals surface area contributed by atoms with Gasteiger partial charge in [-0.05, 0) is 43.0 Å². The molecule has 0 bridgehead atoms. The lowest BCUT2D eigenvalue weighted by molar-refractivity contribution is 0.0746. The average Bonchev–Trinajstić information content (AvgIpc) is 2.79. The fraction of sp³-hybridized carbons (Fsp3) is 0.478. The number of benzene rings is 1. The minimum Gasteiger partial charge on any atom is -0.495 e. The number of pyridine rings is 1. The number of hydrogen-bond donors (Lipinski definition) is 0. The Morgan fingerprint density at radius 1 is 1.03 bits per heavy atom. The molecular weight excluding hydrogens is 364 g/mol. The Morgan fingerprint density at radius 2 is 1.83 bits per heavy atom. The number of carbonyl (C=O) groups is 1. The Kier molecular flexibility index (Phi) is 5.88. The smallest absolute Gasteiger partial charge is 0.255 e. The summed E-state index contributed by atoms with van der Waals surface area (Å²) in [4.78, 5) is 24.1. The number of amides is 1. The van der Waals surface area contributed by atoms with E-state index in [0.29, 0.717) is 24.6 Å². The van der Waals surface area contributed by atoms with Gasteiger partial charge in [0.05, 0.1) is 18.4 Å². The van der Waals surface area contributed by atoms with Crippen molar-refractivity contribution < 1.29 is 9.53 Å². The molecule has 0 aliphatic carbocycles. The van der Waals surface area contributed by atoms with Crippen LogP contribution in [-0.2, 0) is 0 Å². The number of para-hydroxylation sites is 2. The maximum atomic E-state index is 12.9. The molecule has 6 heteroatoms. The number of piperidine rings is 1. The Morgan fingerprint density at radius 3 is 2.52 bits per heavy atom. The summed E-state index contributed by atoms with van der Waals surface area (Å²) in [6.07, 6.45) is 4.23. The van der Waals surface area contributed by atoms with Crippen LogP contribution in [-0.4, -0.2) is 62.2 Å². The quantitative estimate of drug-likeness (QED) is 0.796. The number of piperazine rings is 1. The summed E-state index contributed by atoms with van der Waals surface area (Å²) in [7, 11) is 1.69. The van der Waals surface area contributed by atoms with Gasteiger partial charge in [0.1, 0.15) is 11.6 Å². The lowest BCUT2D eigenvalue weighted by Gasteiger charge is -2.36. The van der Waals surface area contributed by atoms with E-state index in [9.17, 15) is 4.79 Å². The predicted molar refractivity (Wildman–Crippen MR) is 116 cm³/mol. The van der Waals surface area contributed by atoms with Crippen LogP contribution in [0.3, 0.4) is 0 Å². The molecule has 1 aromatic heterocycles. The van der Waals surface area contributed by atoms with Crippen LogP contribution in [0.5, 0.6) is 5.75 Å². The second-order valence-electron chi connectivity index (χ2n) is 8.05. The second kappa shape index (κ2) is 8.72. The average molecular weight is 395 g/mol. The van der Waals surface area contributed by atoms with E-state index in [1.165, 1.54) is 12.8 Å². The largest absolute Gasteiger partial charge is 0.495 e. The number of aromatic nitrogens is 1. The highest BCUT2D eigenvalue weighted by atomic mass is 16.5. The number of rotatable bonds is 4. The standard InChI is InChI=1S/C23H30N4O2/c1-18-6-5-11-27(17-18)22-10-9-19(16-24-22)23(28)26-14-12-25(13-15-26)20-7-3-4-8-21(20)29-2/h3-4,7-10,16,18H,5-6,11-15,17H2,1-2H3. The van der Waals surface area contributed by atoms with Gasteiger partial charge in [0.2, 0.25) is 0 Å². The highest BCUT2D eigenvalue weighted by Gasteiger charge is 2.24. The summed E-state index contributed by atoms with van der Waals surface area (Å²) in [6, 6.07) is 12.0. The summed E-state index contributed by atoms with van der Waals surface area (Å²) in [6.45, 7) is 7.37. The summed E-state index contributed by atoms with van der Waals surface area (Å²) < 4.78 is 5.48. The van der Waals surface area contributed by atoms with Crippen molar-refractivity contribution in [2.45, 2.75) is 19.8 Å². The van der Waals surface area contributed by atoms with E-state index in [4.69, 9.17) is 4.74 Å². The first kappa shape index (κ1) is 19.6. The SMILES string of the molecule is COc1ccccc1N1CCN(C(=O)c2ccc(N3CCCC(C)C3)nc2)CC1. The summed E-state index contributed by atoms with van der Waals surface area (Å²) >= 11 is 0. The van der Waals surface area contributed by atoms with E-state index in [2.05, 4.69) is 27.8 Å². The van der Waals surface area contributed by atoms with E-state index in [1.807, 2.05) is 35.2 Å². The van der Waals surface area contributed by atoms with Crippen LogP contribution in [0, 0.1) is 5.92 Å². The fourth-order valence-electron chi connectivity index (χ4n) is 4.32. The summed E-state index contributed by atoms with van der Waals surface area (Å²) in [5.74, 6) is 2.62. The first-order valence-corrected chi connectivity index (χ1v) is 10.5. The molecule has 3 heterocycles. The minimum atomic E-state index is 0.0655. The molecule has 154 valence electrons. The van der Waals surface area contributed by atoms with Gasteiger partial charge in [-0.25, -0.2) is 4.98 Å². The lowest BCUT2D eigenvalue weighted by atomic mass is 10.0. The van der Waals surface area contributed by atoms with Crippen LogP contribution in [0.15, 0.2) is 42.6 Å². The van der Waals surface area contributed by atoms with Crippen molar-refractivity contribution >= 4 is 17.4 Å². The Balaban J connectivity index is 1.37. The van der Waals surface area contributed by atoms with Gasteiger partial charge in [-0.1, -0.05) is 19.1 Å². The summed E-state index contributed by atoms with van der Waals surface area (Å²) in [5.41, 5.74) is 1.76. The zero-order valence-corrected chi connectivity index (χ0v) is 17.4. The Labute approximate surface area is 173 Å². The molecule has 0 spiro atoms. The Bertz CT molecular complexity index is 831. The van der Waals surface area contributed by atoms with Crippen molar-refractivity contribution in [2.24, 2.45) is 5.92 Å².